The van der Waals surface area contributed by atoms with Crippen LogP contribution >= 0.6 is 35.3 Å². The van der Waals surface area contributed by atoms with Gasteiger partial charge in [0.15, 0.2) is 5.96 Å². The molecule has 4 nitrogen and oxygen atoms in total. The molecule has 0 aliphatic rings. The summed E-state index contributed by atoms with van der Waals surface area (Å²) >= 11 is 1.71. The highest BCUT2D eigenvalue weighted by Gasteiger charge is 2.04. The van der Waals surface area contributed by atoms with Gasteiger partial charge in [0, 0.05) is 29.1 Å². The zero-order valence-corrected chi connectivity index (χ0v) is 16.3. The van der Waals surface area contributed by atoms with Gasteiger partial charge in [0.1, 0.15) is 0 Å². The highest BCUT2D eigenvalue weighted by molar-refractivity contribution is 14.0. The number of hydrogen-bond acceptors (Lipinski definition) is 3. The first-order valence-corrected chi connectivity index (χ1v) is 8.90. The predicted molar refractivity (Wildman–Crippen MR) is 106 cm³/mol. The summed E-state index contributed by atoms with van der Waals surface area (Å²) in [5, 5.41) is 8.47. The first-order valence-electron chi connectivity index (χ1n) is 6.70. The first kappa shape index (κ1) is 19.1. The van der Waals surface area contributed by atoms with Crippen molar-refractivity contribution in [1.82, 2.24) is 10.6 Å². The lowest BCUT2D eigenvalue weighted by atomic mass is 10.4. The Kier molecular flexibility index (Phi) is 9.33. The maximum Gasteiger partial charge on any atom is 0.191 e. The molecule has 0 spiro atoms. The molecule has 0 aliphatic carbocycles. The Hall–Kier alpha value is -0.930. The molecule has 2 rings (SSSR count). The molecule has 1 heterocycles. The van der Waals surface area contributed by atoms with E-state index in [-0.39, 0.29) is 24.0 Å². The quantitative estimate of drug-likeness (QED) is 0.405. The second-order valence-corrected chi connectivity index (χ2v) is 6.90. The molecule has 2 aromatic rings. The van der Waals surface area contributed by atoms with Crippen LogP contribution in [0.5, 0.6) is 0 Å². The Balaban J connectivity index is 0.00000242. The van der Waals surface area contributed by atoms with Crippen LogP contribution in [0.4, 0.5) is 0 Å². The highest BCUT2D eigenvalue weighted by Crippen LogP contribution is 2.07. The van der Waals surface area contributed by atoms with Gasteiger partial charge in [-0.3, -0.25) is 9.20 Å². The zero-order chi connectivity index (χ0) is 14.9. The number of aliphatic imine (C=N–C) groups is 1. The minimum atomic E-state index is -0.979. The molecule has 0 saturated heterocycles. The predicted octanol–water partition coefficient (Wildman–Crippen LogP) is 2.84. The lowest BCUT2D eigenvalue weighted by Crippen LogP contribution is -2.38. The summed E-state index contributed by atoms with van der Waals surface area (Å²) in [7, 11) is 0.756. The summed E-state index contributed by atoms with van der Waals surface area (Å²) < 4.78 is 12.1. The van der Waals surface area contributed by atoms with Crippen LogP contribution in [0, 0.1) is 0 Å². The van der Waals surface area contributed by atoms with Crippen molar-refractivity contribution in [2.24, 2.45) is 4.99 Å². The summed E-state index contributed by atoms with van der Waals surface area (Å²) in [4.78, 5) is 6.27. The van der Waals surface area contributed by atoms with Crippen LogP contribution in [0.2, 0.25) is 0 Å². The molecule has 0 aliphatic heterocycles. The van der Waals surface area contributed by atoms with Crippen LogP contribution in [-0.4, -0.2) is 29.5 Å². The van der Waals surface area contributed by atoms with Crippen molar-refractivity contribution < 1.29 is 4.21 Å². The summed E-state index contributed by atoms with van der Waals surface area (Å²) in [5.74, 6) is 1.29. The van der Waals surface area contributed by atoms with E-state index in [9.17, 15) is 4.21 Å². The van der Waals surface area contributed by atoms with Crippen LogP contribution < -0.4 is 10.6 Å². The molecule has 1 aromatic heterocycles. The number of thiophene rings is 1. The van der Waals surface area contributed by atoms with Gasteiger partial charge in [-0.15, -0.1) is 35.3 Å². The van der Waals surface area contributed by atoms with Crippen molar-refractivity contribution in [2.45, 2.75) is 11.4 Å². The van der Waals surface area contributed by atoms with Gasteiger partial charge in [-0.1, -0.05) is 24.3 Å². The number of nitrogens with one attached hydrogen (secondary N) is 2. The van der Waals surface area contributed by atoms with E-state index >= 15 is 0 Å². The molecule has 1 unspecified atom stereocenters. The van der Waals surface area contributed by atoms with E-state index in [0.717, 1.165) is 17.4 Å². The van der Waals surface area contributed by atoms with E-state index in [4.69, 9.17) is 0 Å². The first-order chi connectivity index (χ1) is 10.3. The number of benzene rings is 1. The third-order valence-corrected chi connectivity index (χ3v) is 5.07. The Morgan fingerprint density at radius 3 is 2.59 bits per heavy atom. The molecule has 0 fully saturated rings. The highest BCUT2D eigenvalue weighted by atomic mass is 127. The van der Waals surface area contributed by atoms with Crippen molar-refractivity contribution in [3.05, 3.63) is 52.7 Å². The molecular formula is C15H20IN3OS2. The van der Waals surface area contributed by atoms with Crippen LogP contribution in [-0.2, 0) is 17.3 Å². The van der Waals surface area contributed by atoms with E-state index in [1.165, 1.54) is 4.88 Å². The molecule has 7 heteroatoms. The van der Waals surface area contributed by atoms with Gasteiger partial charge in [0.25, 0.3) is 0 Å². The number of rotatable bonds is 6. The minimum absolute atomic E-state index is 0. The lowest BCUT2D eigenvalue weighted by Gasteiger charge is -2.11. The van der Waals surface area contributed by atoms with Gasteiger partial charge >= 0.3 is 0 Å². The maximum absolute atomic E-state index is 12.1. The molecule has 120 valence electrons. The topological polar surface area (TPSA) is 53.5 Å². The number of hydrogen-bond donors (Lipinski definition) is 2. The van der Waals surface area contributed by atoms with Crippen molar-refractivity contribution >= 4 is 52.1 Å². The van der Waals surface area contributed by atoms with Gasteiger partial charge < -0.3 is 10.6 Å². The number of guanidine groups is 1. The molecule has 1 atom stereocenters. The van der Waals surface area contributed by atoms with E-state index in [1.807, 2.05) is 36.4 Å². The standard InChI is InChI=1S/C15H19N3OS2.HI/c1-16-15(18-12-13-6-5-10-20-13)17-9-11-21(19)14-7-3-2-4-8-14;/h2-8,10H,9,11-12H2,1H3,(H2,16,17,18);1H. The van der Waals surface area contributed by atoms with Gasteiger partial charge in [-0.2, -0.15) is 0 Å². The Labute approximate surface area is 154 Å². The number of nitrogens with zero attached hydrogens (tertiary/aromatic N) is 1. The Morgan fingerprint density at radius 1 is 1.18 bits per heavy atom. The van der Waals surface area contributed by atoms with Crippen LogP contribution in [0.25, 0.3) is 0 Å². The van der Waals surface area contributed by atoms with E-state index in [0.29, 0.717) is 12.3 Å². The van der Waals surface area contributed by atoms with E-state index in [1.54, 1.807) is 18.4 Å². The van der Waals surface area contributed by atoms with Crippen LogP contribution in [0.1, 0.15) is 4.88 Å². The fourth-order valence-electron chi connectivity index (χ4n) is 1.76. The van der Waals surface area contributed by atoms with Gasteiger partial charge in [0.2, 0.25) is 0 Å². The van der Waals surface area contributed by atoms with Crippen LogP contribution in [0.3, 0.4) is 0 Å². The summed E-state index contributed by atoms with van der Waals surface area (Å²) in [6.07, 6.45) is 0. The van der Waals surface area contributed by atoms with Crippen molar-refractivity contribution in [3.63, 3.8) is 0 Å². The fraction of sp³-hybridized carbons (Fsp3) is 0.267. The molecule has 0 saturated carbocycles. The molecule has 0 bridgehead atoms. The Bertz CT molecular complexity index is 588. The maximum atomic E-state index is 12.1. The smallest absolute Gasteiger partial charge is 0.191 e. The molecule has 2 N–H and O–H groups in total. The fourth-order valence-corrected chi connectivity index (χ4v) is 3.39. The van der Waals surface area contributed by atoms with Crippen molar-refractivity contribution in [3.8, 4) is 0 Å². The second-order valence-electron chi connectivity index (χ2n) is 4.29. The molecule has 0 amide bonds. The normalized spacial score (nSPS) is 12.3. The van der Waals surface area contributed by atoms with Gasteiger partial charge in [0.05, 0.1) is 17.3 Å². The minimum Gasteiger partial charge on any atom is -0.355 e. The average Bonchev–Trinajstić information content (AvgIpc) is 3.04. The molecule has 1 aromatic carbocycles. The largest absolute Gasteiger partial charge is 0.355 e. The monoisotopic (exact) mass is 449 g/mol. The molecular weight excluding hydrogens is 429 g/mol. The van der Waals surface area contributed by atoms with Gasteiger partial charge in [-0.25, -0.2) is 0 Å². The third-order valence-electron chi connectivity index (χ3n) is 2.82. The van der Waals surface area contributed by atoms with Crippen LogP contribution in [0.15, 0.2) is 57.7 Å². The van der Waals surface area contributed by atoms with Gasteiger partial charge in [-0.05, 0) is 23.6 Å². The third kappa shape index (κ3) is 6.45. The Morgan fingerprint density at radius 2 is 1.95 bits per heavy atom. The summed E-state index contributed by atoms with van der Waals surface area (Å²) in [6, 6.07) is 13.6. The average molecular weight is 449 g/mol. The van der Waals surface area contributed by atoms with Crippen molar-refractivity contribution in [1.29, 1.82) is 0 Å². The second kappa shape index (κ2) is 10.7. The summed E-state index contributed by atoms with van der Waals surface area (Å²) in [5.41, 5.74) is 0. The van der Waals surface area contributed by atoms with E-state index in [2.05, 4.69) is 27.1 Å². The van der Waals surface area contributed by atoms with E-state index < -0.39 is 10.8 Å². The number of halogens is 1. The summed E-state index contributed by atoms with van der Waals surface area (Å²) in [6.45, 7) is 1.37. The molecule has 22 heavy (non-hydrogen) atoms. The zero-order valence-electron chi connectivity index (χ0n) is 12.3. The lowest BCUT2D eigenvalue weighted by molar-refractivity contribution is 0.681. The molecule has 0 radical (unpaired) electrons. The van der Waals surface area contributed by atoms with Crippen molar-refractivity contribution in [2.75, 3.05) is 19.3 Å². The SMILES string of the molecule is CN=C(NCCS(=O)c1ccccc1)NCc1cccs1.I.